The number of H-pyrrole nitrogens is 1. The number of benzene rings is 1. The van der Waals surface area contributed by atoms with Crippen LogP contribution in [0.15, 0.2) is 35.1 Å². The van der Waals surface area contributed by atoms with Crippen LogP contribution in [-0.2, 0) is 11.3 Å². The molecule has 2 heterocycles. The second-order valence-corrected chi connectivity index (χ2v) is 5.77. The SMILES string of the molecule is Cc1cc(-c2ccc(CN3CCOCC3)cc2)c(C#N)c(=O)[nH]1. The van der Waals surface area contributed by atoms with Crippen LogP contribution in [0.1, 0.15) is 16.8 Å². The molecule has 0 spiro atoms. The summed E-state index contributed by atoms with van der Waals surface area (Å²) in [5.41, 5.74) is 3.38. The molecule has 0 bridgehead atoms. The predicted molar refractivity (Wildman–Crippen MR) is 88.0 cm³/mol. The van der Waals surface area contributed by atoms with E-state index in [1.807, 2.05) is 31.2 Å². The smallest absolute Gasteiger partial charge is 0.266 e. The van der Waals surface area contributed by atoms with E-state index in [0.717, 1.165) is 44.1 Å². The largest absolute Gasteiger partial charge is 0.379 e. The lowest BCUT2D eigenvalue weighted by molar-refractivity contribution is 0.0342. The third-order valence-electron chi connectivity index (χ3n) is 4.05. The lowest BCUT2D eigenvalue weighted by Crippen LogP contribution is -2.35. The van der Waals surface area contributed by atoms with Gasteiger partial charge in [-0.1, -0.05) is 24.3 Å². The molecule has 1 fully saturated rings. The van der Waals surface area contributed by atoms with E-state index in [9.17, 15) is 10.1 Å². The summed E-state index contributed by atoms with van der Waals surface area (Å²) in [6.45, 7) is 6.19. The molecule has 23 heavy (non-hydrogen) atoms. The molecule has 1 aliphatic heterocycles. The number of aromatic nitrogens is 1. The molecule has 0 radical (unpaired) electrons. The lowest BCUT2D eigenvalue weighted by Gasteiger charge is -2.26. The minimum Gasteiger partial charge on any atom is -0.379 e. The summed E-state index contributed by atoms with van der Waals surface area (Å²) in [6, 6.07) is 11.9. The van der Waals surface area contributed by atoms with Gasteiger partial charge in [-0.25, -0.2) is 0 Å². The molecule has 1 saturated heterocycles. The molecule has 2 aromatic rings. The summed E-state index contributed by atoms with van der Waals surface area (Å²) in [5, 5.41) is 9.23. The topological polar surface area (TPSA) is 69.1 Å². The van der Waals surface area contributed by atoms with Crippen molar-refractivity contribution in [2.75, 3.05) is 26.3 Å². The molecule has 1 aromatic heterocycles. The van der Waals surface area contributed by atoms with Crippen LogP contribution in [0.3, 0.4) is 0 Å². The zero-order valence-electron chi connectivity index (χ0n) is 13.1. The molecule has 5 nitrogen and oxygen atoms in total. The van der Waals surface area contributed by atoms with Crippen molar-refractivity contribution in [3.05, 3.63) is 57.5 Å². The number of pyridine rings is 1. The Labute approximate surface area is 135 Å². The fraction of sp³-hybridized carbons (Fsp3) is 0.333. The van der Waals surface area contributed by atoms with E-state index in [1.165, 1.54) is 5.56 Å². The van der Waals surface area contributed by atoms with Crippen molar-refractivity contribution in [2.45, 2.75) is 13.5 Å². The third-order valence-corrected chi connectivity index (χ3v) is 4.05. The highest BCUT2D eigenvalue weighted by Crippen LogP contribution is 2.22. The van der Waals surface area contributed by atoms with Crippen molar-refractivity contribution in [2.24, 2.45) is 0 Å². The maximum Gasteiger partial charge on any atom is 0.266 e. The standard InChI is InChI=1S/C18H19N3O2/c1-13-10-16(17(11-19)18(22)20-13)15-4-2-14(3-5-15)12-21-6-8-23-9-7-21/h2-5,10H,6-9,12H2,1H3,(H,20,22). The molecule has 3 rings (SSSR count). The summed E-state index contributed by atoms with van der Waals surface area (Å²) >= 11 is 0. The normalized spacial score (nSPS) is 15.3. The fourth-order valence-corrected chi connectivity index (χ4v) is 2.83. The van der Waals surface area contributed by atoms with Crippen LogP contribution >= 0.6 is 0 Å². The molecule has 1 aliphatic rings. The zero-order chi connectivity index (χ0) is 16.2. The van der Waals surface area contributed by atoms with Gasteiger partial charge >= 0.3 is 0 Å². The van der Waals surface area contributed by atoms with Crippen molar-refractivity contribution >= 4 is 0 Å². The molecule has 0 unspecified atom stereocenters. The lowest BCUT2D eigenvalue weighted by atomic mass is 10.00. The minimum absolute atomic E-state index is 0.163. The number of rotatable bonds is 3. The number of aromatic amines is 1. The van der Waals surface area contributed by atoms with E-state index in [4.69, 9.17) is 4.74 Å². The Morgan fingerprint density at radius 3 is 2.61 bits per heavy atom. The summed E-state index contributed by atoms with van der Waals surface area (Å²) in [7, 11) is 0. The predicted octanol–water partition coefficient (Wildman–Crippen LogP) is 2.05. The van der Waals surface area contributed by atoms with E-state index in [1.54, 1.807) is 0 Å². The molecule has 0 aliphatic carbocycles. The van der Waals surface area contributed by atoms with Crippen LogP contribution in [0.2, 0.25) is 0 Å². The van der Waals surface area contributed by atoms with Gasteiger partial charge in [0, 0.05) is 30.9 Å². The summed E-state index contributed by atoms with van der Waals surface area (Å²) in [5.74, 6) is 0. The van der Waals surface area contributed by atoms with Gasteiger partial charge in [-0.2, -0.15) is 5.26 Å². The summed E-state index contributed by atoms with van der Waals surface area (Å²) in [4.78, 5) is 16.9. The Kier molecular flexibility index (Phi) is 4.56. The average molecular weight is 309 g/mol. The monoisotopic (exact) mass is 309 g/mol. The number of morpholine rings is 1. The van der Waals surface area contributed by atoms with Crippen molar-refractivity contribution in [3.63, 3.8) is 0 Å². The Morgan fingerprint density at radius 2 is 1.96 bits per heavy atom. The Hall–Kier alpha value is -2.42. The number of aryl methyl sites for hydroxylation is 1. The number of hydrogen-bond acceptors (Lipinski definition) is 4. The molecular formula is C18H19N3O2. The Morgan fingerprint density at radius 1 is 1.26 bits per heavy atom. The molecule has 1 aromatic carbocycles. The van der Waals surface area contributed by atoms with Crippen LogP contribution in [-0.4, -0.2) is 36.2 Å². The molecule has 0 amide bonds. The first kappa shape index (κ1) is 15.5. The first-order valence-corrected chi connectivity index (χ1v) is 7.71. The highest BCUT2D eigenvalue weighted by atomic mass is 16.5. The quantitative estimate of drug-likeness (QED) is 0.942. The highest BCUT2D eigenvalue weighted by molar-refractivity contribution is 5.70. The van der Waals surface area contributed by atoms with Crippen LogP contribution in [0.4, 0.5) is 0 Å². The fourth-order valence-electron chi connectivity index (χ4n) is 2.83. The van der Waals surface area contributed by atoms with E-state index in [2.05, 4.69) is 22.0 Å². The van der Waals surface area contributed by atoms with E-state index < -0.39 is 0 Å². The number of hydrogen-bond donors (Lipinski definition) is 1. The van der Waals surface area contributed by atoms with Crippen LogP contribution < -0.4 is 5.56 Å². The Balaban J connectivity index is 1.85. The van der Waals surface area contributed by atoms with Crippen molar-refractivity contribution in [1.82, 2.24) is 9.88 Å². The number of nitrogens with zero attached hydrogens (tertiary/aromatic N) is 2. The summed E-state index contributed by atoms with van der Waals surface area (Å²) < 4.78 is 5.36. The van der Waals surface area contributed by atoms with E-state index in [0.29, 0.717) is 5.56 Å². The van der Waals surface area contributed by atoms with Gasteiger partial charge in [0.15, 0.2) is 0 Å². The van der Waals surface area contributed by atoms with Crippen LogP contribution in [0.5, 0.6) is 0 Å². The van der Waals surface area contributed by atoms with Crippen LogP contribution in [0, 0.1) is 18.3 Å². The van der Waals surface area contributed by atoms with Gasteiger partial charge in [-0.05, 0) is 24.1 Å². The van der Waals surface area contributed by atoms with Gasteiger partial charge in [0.1, 0.15) is 11.6 Å². The number of ether oxygens (including phenoxy) is 1. The minimum atomic E-state index is -0.333. The molecular weight excluding hydrogens is 290 g/mol. The third kappa shape index (κ3) is 3.50. The molecule has 5 heteroatoms. The van der Waals surface area contributed by atoms with Gasteiger partial charge in [0.05, 0.1) is 13.2 Å². The van der Waals surface area contributed by atoms with Gasteiger partial charge in [0.2, 0.25) is 0 Å². The molecule has 0 saturated carbocycles. The van der Waals surface area contributed by atoms with E-state index >= 15 is 0 Å². The van der Waals surface area contributed by atoms with Crippen molar-refractivity contribution < 1.29 is 4.74 Å². The molecule has 118 valence electrons. The second kappa shape index (κ2) is 6.78. The van der Waals surface area contributed by atoms with Gasteiger partial charge in [-0.3, -0.25) is 9.69 Å². The molecule has 0 atom stereocenters. The Bertz CT molecular complexity index is 781. The van der Waals surface area contributed by atoms with Crippen LogP contribution in [0.25, 0.3) is 11.1 Å². The second-order valence-electron chi connectivity index (χ2n) is 5.77. The summed E-state index contributed by atoms with van der Waals surface area (Å²) in [6.07, 6.45) is 0. The van der Waals surface area contributed by atoms with Gasteiger partial charge < -0.3 is 9.72 Å². The number of nitrogens with one attached hydrogen (secondary N) is 1. The average Bonchev–Trinajstić information content (AvgIpc) is 2.56. The molecule has 1 N–H and O–H groups in total. The number of nitriles is 1. The maximum absolute atomic E-state index is 11.9. The highest BCUT2D eigenvalue weighted by Gasteiger charge is 2.12. The first-order chi connectivity index (χ1) is 11.2. The maximum atomic E-state index is 11.9. The van der Waals surface area contributed by atoms with Crippen molar-refractivity contribution in [1.29, 1.82) is 5.26 Å². The van der Waals surface area contributed by atoms with Gasteiger partial charge in [0.25, 0.3) is 5.56 Å². The first-order valence-electron chi connectivity index (χ1n) is 7.71. The zero-order valence-corrected chi connectivity index (χ0v) is 13.1. The van der Waals surface area contributed by atoms with Gasteiger partial charge in [-0.15, -0.1) is 0 Å². The van der Waals surface area contributed by atoms with Crippen molar-refractivity contribution in [3.8, 4) is 17.2 Å². The van der Waals surface area contributed by atoms with E-state index in [-0.39, 0.29) is 11.1 Å².